The Morgan fingerprint density at radius 2 is 0.833 bits per heavy atom. The average molecular weight is 1940 g/mol. The van der Waals surface area contributed by atoms with E-state index in [0.29, 0.717) is 92.5 Å². The summed E-state index contributed by atoms with van der Waals surface area (Å²) < 4.78 is 69.5. The van der Waals surface area contributed by atoms with E-state index in [-0.39, 0.29) is 80.7 Å². The normalized spacial score (nSPS) is 13.9. The van der Waals surface area contributed by atoms with Gasteiger partial charge in [0.05, 0.1) is 25.7 Å². The smallest absolute Gasteiger partial charge is 0.481 e. The van der Waals surface area contributed by atoms with Gasteiger partial charge in [0.25, 0.3) is 0 Å². The van der Waals surface area contributed by atoms with Gasteiger partial charge in [-0.1, -0.05) is 121 Å². The van der Waals surface area contributed by atoms with Crippen molar-refractivity contribution in [1.29, 1.82) is 0 Å². The van der Waals surface area contributed by atoms with Gasteiger partial charge in [0.15, 0.2) is 17.5 Å². The van der Waals surface area contributed by atoms with Gasteiger partial charge in [-0.25, -0.2) is 62.8 Å². The molecule has 0 radical (unpaired) electrons. The maximum absolute atomic E-state index is 14.7. The molecule has 31 heteroatoms. The molecule has 0 saturated carbocycles. The van der Waals surface area contributed by atoms with Crippen LogP contribution < -0.4 is 27.0 Å². The molecule has 3 aliphatic rings. The molecule has 3 aliphatic heterocycles. The number of rotatable bonds is 46. The topological polar surface area (TPSA) is 317 Å². The number of nitrogens with one attached hydrogen (secondary N) is 4. The van der Waals surface area contributed by atoms with E-state index in [4.69, 9.17) is 56.0 Å². The molecule has 0 unspecified atom stereocenters. The third-order valence-electron chi connectivity index (χ3n) is 21.6. The zero-order valence-corrected chi connectivity index (χ0v) is 81.4. The Balaban J connectivity index is 0.000000284. The predicted molar refractivity (Wildman–Crippen MR) is 518 cm³/mol. The second kappa shape index (κ2) is 59.9. The molecule has 26 nitrogen and oxygen atoms in total. The molecule has 722 valence electrons. The fraction of sp³-hybridized carbons (Fsp3) is 0.505. The Morgan fingerprint density at radius 1 is 0.462 bits per heavy atom. The number of alkyl halides is 3. The van der Waals surface area contributed by atoms with E-state index in [0.717, 1.165) is 174 Å². The van der Waals surface area contributed by atoms with Crippen LogP contribution in [0.3, 0.4) is 0 Å². The Labute approximate surface area is 800 Å². The predicted octanol–water partition coefficient (Wildman–Crippen LogP) is 17.4. The van der Waals surface area contributed by atoms with Crippen LogP contribution in [0.15, 0.2) is 164 Å². The third kappa shape index (κ3) is 41.5. The first kappa shape index (κ1) is 111. The van der Waals surface area contributed by atoms with E-state index in [2.05, 4.69) is 92.5 Å². The molecule has 6 atom stereocenters. The van der Waals surface area contributed by atoms with Gasteiger partial charge < -0.3 is 85.3 Å². The van der Waals surface area contributed by atoms with Crippen LogP contribution in [0.2, 0.25) is 5.15 Å². The van der Waals surface area contributed by atoms with Crippen LogP contribution in [0.4, 0.5) is 36.4 Å². The van der Waals surface area contributed by atoms with E-state index in [1.807, 2.05) is 142 Å². The first-order valence-corrected chi connectivity index (χ1v) is 45.9. The molecule has 0 spiro atoms. The number of nitrogens with two attached hydrogens (primary N) is 1. The molecule has 7 N–H and O–H groups in total. The summed E-state index contributed by atoms with van der Waals surface area (Å²) >= 11 is 5.74. The van der Waals surface area contributed by atoms with Crippen LogP contribution in [-0.2, 0) is 103 Å². The molecule has 0 amide bonds. The zero-order chi connectivity index (χ0) is 92.2. The number of halogens is 4. The maximum atomic E-state index is 14.7. The summed E-state index contributed by atoms with van der Waals surface area (Å²) in [4.78, 5) is 84.2. The molecule has 0 aliphatic carbocycles. The number of carbonyl (C=O) groups excluding carboxylic acids is 2. The minimum atomic E-state index is -1.13. The molecule has 9 heterocycles. The van der Waals surface area contributed by atoms with E-state index >= 15 is 0 Å². The quantitative estimate of drug-likeness (QED) is 0.00679. The molecule has 6 aromatic heterocycles. The van der Waals surface area contributed by atoms with Crippen molar-refractivity contribution in [2.75, 3.05) is 141 Å². The number of aromatic nitrogens is 9. The van der Waals surface area contributed by atoms with Crippen molar-refractivity contribution >= 4 is 52.8 Å². The summed E-state index contributed by atoms with van der Waals surface area (Å²) in [5.41, 5.74) is 15.3. The number of ether oxygens (including phenoxy) is 5. The third-order valence-corrected chi connectivity index (χ3v) is 21.8. The minimum absolute atomic E-state index is 0. The molecular weight excluding hydrogens is 1790 g/mol. The summed E-state index contributed by atoms with van der Waals surface area (Å²) in [6.45, 7) is 18.3. The largest absolute Gasteiger partial charge is 2.00 e. The van der Waals surface area contributed by atoms with Crippen LogP contribution in [0.25, 0.3) is 34.2 Å². The first-order chi connectivity index (χ1) is 62.2. The summed E-state index contributed by atoms with van der Waals surface area (Å²) in [6, 6.07) is 45.7. The number of hydrogen-bond acceptors (Lipinski definition) is 25. The monoisotopic (exact) mass is 1930 g/mol. The second-order valence-corrected chi connectivity index (χ2v) is 35.3. The number of pyridine rings is 3. The fourth-order valence-electron chi connectivity index (χ4n) is 15.2. The number of anilines is 4. The van der Waals surface area contributed by atoms with Crippen LogP contribution in [0, 0.1) is 20.8 Å². The molecular formula is C101H141ClF3N17O9Pd. The first-order valence-electron chi connectivity index (χ1n) is 45.5. The van der Waals surface area contributed by atoms with Crippen molar-refractivity contribution in [3.8, 4) is 34.2 Å². The number of hydrogen-bond donors (Lipinski definition) is 6. The number of fused-ring (bicyclic) bond motifs is 3. The number of nitrogens with zero attached hydrogens (tertiary/aromatic N) is 12. The van der Waals surface area contributed by atoms with Crippen LogP contribution >= 0.6 is 11.6 Å². The number of esters is 2. The summed E-state index contributed by atoms with van der Waals surface area (Å²) in [5.74, 6) is 3.05. The molecule has 3 aromatic carbocycles. The van der Waals surface area contributed by atoms with Gasteiger partial charge in [0, 0.05) is 138 Å². The minimum Gasteiger partial charge on any atom is -0.481 e. The van der Waals surface area contributed by atoms with Gasteiger partial charge in [0.2, 0.25) is 0 Å². The van der Waals surface area contributed by atoms with Gasteiger partial charge >= 0.3 is 38.3 Å². The van der Waals surface area contributed by atoms with Gasteiger partial charge in [-0.15, -0.1) is 0 Å². The Hall–Kier alpha value is -9.58. The standard InChI is InChI=1S/C34H47FN6O3.C31H40FN5O3.C24H41FN4O3.C10H7ClN2.2CH3.Pd/c1-34(2,3)44-33(42)29(39-30-17-20-37-32(40-30)25-11-6-5-7-12-25)18-22-41(23-27(35)24-43-4)21-9-8-14-28-16-15-26-13-10-19-36-31(26)38-28;1-40-22-26(32)21-37(18-6-5-11-27-13-12-24-10-7-16-33-30(24)35-27)19-15-25(31(38)39)20-28-14-17-34-29(36-28)23-8-3-2-4-9-23;1-24(2,3)32-23(30)21(26)12-15-29(16-19(25)17-31-4)14-6-5-9-20-11-10-18-8-7-13-27-22(18)28-20;11-9-6-7-12-10(13-9)8-4-2-1-3-5-8;;;/h5-7,11-12,15-17,20,27,29H,8-10,13-14,18-19,21-24H2,1-4H3,(H,36,38)(H,37,39,40);2-4,8-9,12-14,17,25-26H,5-7,10-11,15-16,18-22H2,1H3,(H,33,35)(H,38,39);10-11,19,21H,5-9,12-17,26H2,1-4H3,(H,27,28);1-7H;2*1H3;/q;;;;2*-1;+2/t27-,29-;25-,26+;19-,21-;;;;/m010..../s1. The Morgan fingerprint density at radius 3 is 1.23 bits per heavy atom. The van der Waals surface area contributed by atoms with Crippen molar-refractivity contribution in [2.24, 2.45) is 11.7 Å². The molecule has 0 bridgehead atoms. The van der Waals surface area contributed by atoms with Gasteiger partial charge in [-0.3, -0.25) is 9.59 Å². The van der Waals surface area contributed by atoms with E-state index < -0.39 is 59.7 Å². The van der Waals surface area contributed by atoms with Crippen molar-refractivity contribution < 1.29 is 76.8 Å². The van der Waals surface area contributed by atoms with Gasteiger partial charge in [-0.2, -0.15) is 0 Å². The number of benzene rings is 3. The molecule has 9 aromatic rings. The van der Waals surface area contributed by atoms with Gasteiger partial charge in [-0.05, 0) is 236 Å². The van der Waals surface area contributed by atoms with Gasteiger partial charge in [0.1, 0.15) is 70.2 Å². The number of carboxylic acid groups (broad SMARTS) is 1. The number of unbranched alkanes of at least 4 members (excludes halogenated alkanes) is 3. The molecule has 0 fully saturated rings. The Kier molecular flexibility index (Phi) is 50.5. The van der Waals surface area contributed by atoms with E-state index in [1.54, 1.807) is 36.8 Å². The fourth-order valence-corrected chi connectivity index (χ4v) is 15.3. The molecule has 12 rings (SSSR count). The average Bonchev–Trinajstić information content (AvgIpc) is 0.850. The number of aryl methyl sites for hydroxylation is 6. The van der Waals surface area contributed by atoms with Crippen LogP contribution in [-0.4, -0.2) is 244 Å². The molecule has 132 heavy (non-hydrogen) atoms. The second-order valence-electron chi connectivity index (χ2n) is 34.9. The van der Waals surface area contributed by atoms with E-state index in [9.17, 15) is 32.7 Å². The number of methoxy groups -OCH3 is 3. The molecule has 0 saturated heterocycles. The zero-order valence-electron chi connectivity index (χ0n) is 79.1. The maximum Gasteiger partial charge on any atom is 2.00 e. The number of carbonyl (C=O) groups is 3. The number of aliphatic carboxylic acids is 1. The van der Waals surface area contributed by atoms with Crippen molar-refractivity contribution in [3.63, 3.8) is 0 Å². The van der Waals surface area contributed by atoms with Crippen molar-refractivity contribution in [3.05, 3.63) is 224 Å². The van der Waals surface area contributed by atoms with Crippen molar-refractivity contribution in [2.45, 2.75) is 205 Å². The van der Waals surface area contributed by atoms with E-state index in [1.165, 1.54) is 38.0 Å². The Bertz CT molecular complexity index is 4790. The summed E-state index contributed by atoms with van der Waals surface area (Å²) in [7, 11) is 4.49. The summed E-state index contributed by atoms with van der Waals surface area (Å²) in [5, 5.41) is 23.9. The van der Waals surface area contributed by atoms with Crippen LogP contribution in [0.5, 0.6) is 0 Å². The number of carboxylic acids is 1. The SMILES string of the molecule is COC[C@@H](F)CN(CCCCc1ccc2c(n1)NCCC2)CC[C@H](Cc1ccnc(-c2ccccc2)n1)C(=O)O.COC[C@@H](F)CN(CCCCc1ccc2c(n1)NCCC2)CC[C@H](N)C(=O)OC(C)(C)C.COC[C@@H](F)CN(CCCCc1ccc2c(n1)NCCC2)CC[C@H](Nc1ccnc(-c2ccccc2)n1)C(=O)OC(C)(C)C.Clc1ccnc(-c2ccccc2)n1.[CH3-].[CH3-].[Pd+2]. The summed E-state index contributed by atoms with van der Waals surface area (Å²) in [6.07, 6.45) is 17.9. The van der Waals surface area contributed by atoms with Crippen LogP contribution in [0.1, 0.15) is 158 Å². The van der Waals surface area contributed by atoms with Crippen molar-refractivity contribution in [1.82, 2.24) is 59.6 Å².